The lowest BCUT2D eigenvalue weighted by molar-refractivity contribution is -0.164. The van der Waals surface area contributed by atoms with E-state index in [1.807, 2.05) is 0 Å². The van der Waals surface area contributed by atoms with Crippen molar-refractivity contribution < 1.29 is 27.1 Å². The number of halogens is 4. The zero-order valence-electron chi connectivity index (χ0n) is 22.8. The number of carbonyl (C=O) groups excluding carboxylic acids is 1. The number of alkyl halides is 3. The maximum atomic E-state index is 13.5. The molecule has 0 radical (unpaired) electrons. The maximum Gasteiger partial charge on any atom is 0.410 e. The molecular formula is C28H24F4N8O3. The summed E-state index contributed by atoms with van der Waals surface area (Å²) in [6, 6.07) is 9.27. The molecule has 5 rings (SSSR count). The van der Waals surface area contributed by atoms with Gasteiger partial charge >= 0.3 is 6.18 Å². The van der Waals surface area contributed by atoms with Gasteiger partial charge in [-0.1, -0.05) is 24.3 Å². The molecule has 1 atom stereocenters. The number of benzene rings is 2. The highest BCUT2D eigenvalue weighted by Gasteiger charge is 2.39. The molecule has 222 valence electrons. The van der Waals surface area contributed by atoms with Gasteiger partial charge in [-0.2, -0.15) is 23.4 Å². The molecule has 5 aromatic rings. The van der Waals surface area contributed by atoms with E-state index in [2.05, 4.69) is 25.5 Å². The Bertz CT molecular complexity index is 1850. The molecule has 3 N–H and O–H groups in total. The summed E-state index contributed by atoms with van der Waals surface area (Å²) in [5.41, 5.74) is 6.15. The van der Waals surface area contributed by atoms with Crippen molar-refractivity contribution in [2.45, 2.75) is 25.7 Å². The van der Waals surface area contributed by atoms with Gasteiger partial charge in [0.05, 0.1) is 18.5 Å². The van der Waals surface area contributed by atoms with Gasteiger partial charge in [0.1, 0.15) is 29.7 Å². The van der Waals surface area contributed by atoms with Crippen LogP contribution in [0, 0.1) is 5.82 Å². The highest BCUT2D eigenvalue weighted by Crippen LogP contribution is 2.36. The zero-order valence-corrected chi connectivity index (χ0v) is 22.8. The number of carbonyl (C=O) groups is 1. The average molecular weight is 597 g/mol. The van der Waals surface area contributed by atoms with Crippen molar-refractivity contribution in [1.82, 2.24) is 29.5 Å². The van der Waals surface area contributed by atoms with Crippen LogP contribution in [0.15, 0.2) is 65.8 Å². The van der Waals surface area contributed by atoms with Crippen molar-refractivity contribution in [3.63, 3.8) is 0 Å². The third-order valence-corrected chi connectivity index (χ3v) is 6.64. The molecule has 0 bridgehead atoms. The first-order chi connectivity index (χ1) is 20.5. The summed E-state index contributed by atoms with van der Waals surface area (Å²) in [7, 11) is 1.49. The largest absolute Gasteiger partial charge is 0.410 e. The Morgan fingerprint density at radius 2 is 1.72 bits per heavy atom. The van der Waals surface area contributed by atoms with E-state index in [0.717, 1.165) is 17.9 Å². The van der Waals surface area contributed by atoms with Gasteiger partial charge in [-0.15, -0.1) is 0 Å². The molecule has 11 nitrogen and oxygen atoms in total. The summed E-state index contributed by atoms with van der Waals surface area (Å²) in [4.78, 5) is 34.3. The first kappa shape index (κ1) is 29.3. The first-order valence-electron chi connectivity index (χ1n) is 12.8. The molecule has 1 unspecified atom stereocenters. The SMILES string of the molecule is COCCn1cc(-c2ccc(F)cc2)c(=O)c(C(=O)Nc2ccc(-c3nn(C(C)C(F)(F)F)c4ncnc(N)c34)cc2)n1. The van der Waals surface area contributed by atoms with Crippen LogP contribution in [0.3, 0.4) is 0 Å². The van der Waals surface area contributed by atoms with Crippen LogP contribution < -0.4 is 16.5 Å². The molecule has 0 aliphatic carbocycles. The molecule has 1 amide bonds. The second-order valence-electron chi connectivity index (χ2n) is 9.48. The number of nitrogens with one attached hydrogen (secondary N) is 1. The normalized spacial score (nSPS) is 12.4. The van der Waals surface area contributed by atoms with Gasteiger partial charge in [0, 0.05) is 30.1 Å². The molecule has 3 aromatic heterocycles. The third-order valence-electron chi connectivity index (χ3n) is 6.64. The van der Waals surface area contributed by atoms with E-state index in [-0.39, 0.29) is 46.9 Å². The molecule has 43 heavy (non-hydrogen) atoms. The fourth-order valence-corrected chi connectivity index (χ4v) is 4.33. The van der Waals surface area contributed by atoms with Gasteiger partial charge < -0.3 is 15.8 Å². The Hall–Kier alpha value is -5.18. The van der Waals surface area contributed by atoms with Gasteiger partial charge in [-0.05, 0) is 36.8 Å². The first-order valence-corrected chi connectivity index (χ1v) is 12.8. The van der Waals surface area contributed by atoms with Crippen LogP contribution in [0.4, 0.5) is 29.1 Å². The predicted molar refractivity (Wildman–Crippen MR) is 150 cm³/mol. The van der Waals surface area contributed by atoms with Crippen LogP contribution in [0.25, 0.3) is 33.4 Å². The van der Waals surface area contributed by atoms with E-state index in [1.165, 1.54) is 66.5 Å². The van der Waals surface area contributed by atoms with Gasteiger partial charge in [0.25, 0.3) is 5.91 Å². The fraction of sp³-hybridized carbons (Fsp3) is 0.214. The number of fused-ring (bicyclic) bond motifs is 1. The third kappa shape index (κ3) is 5.92. The summed E-state index contributed by atoms with van der Waals surface area (Å²) in [5.74, 6) is -1.34. The fourth-order valence-electron chi connectivity index (χ4n) is 4.33. The number of anilines is 2. The van der Waals surface area contributed by atoms with Gasteiger partial charge in [-0.3, -0.25) is 14.3 Å². The highest BCUT2D eigenvalue weighted by molar-refractivity contribution is 6.03. The number of hydrogen-bond donors (Lipinski definition) is 2. The Labute approximate surface area is 240 Å². The second kappa shape index (κ2) is 11.6. The minimum Gasteiger partial charge on any atom is -0.383 e. The number of methoxy groups -OCH3 is 1. The highest BCUT2D eigenvalue weighted by atomic mass is 19.4. The molecule has 0 saturated carbocycles. The lowest BCUT2D eigenvalue weighted by atomic mass is 10.1. The minimum absolute atomic E-state index is 0.0464. The molecule has 0 saturated heterocycles. The Morgan fingerprint density at radius 1 is 1.05 bits per heavy atom. The van der Waals surface area contributed by atoms with Crippen LogP contribution in [-0.4, -0.2) is 55.3 Å². The van der Waals surface area contributed by atoms with E-state index in [4.69, 9.17) is 10.5 Å². The lowest BCUT2D eigenvalue weighted by Gasteiger charge is -2.16. The quantitative estimate of drug-likeness (QED) is 0.250. The van der Waals surface area contributed by atoms with E-state index in [9.17, 15) is 27.2 Å². The molecule has 3 heterocycles. The Kier molecular flexibility index (Phi) is 7.91. The summed E-state index contributed by atoms with van der Waals surface area (Å²) >= 11 is 0. The van der Waals surface area contributed by atoms with Crippen molar-refractivity contribution >= 4 is 28.4 Å². The van der Waals surface area contributed by atoms with Gasteiger partial charge in [0.15, 0.2) is 11.3 Å². The smallest absolute Gasteiger partial charge is 0.383 e. The molecule has 0 aliphatic heterocycles. The van der Waals surface area contributed by atoms with Crippen molar-refractivity contribution in [3.8, 4) is 22.4 Å². The maximum absolute atomic E-state index is 13.5. The Morgan fingerprint density at radius 3 is 2.37 bits per heavy atom. The van der Waals surface area contributed by atoms with Crippen LogP contribution in [0.2, 0.25) is 0 Å². The average Bonchev–Trinajstić information content (AvgIpc) is 3.37. The molecular weight excluding hydrogens is 572 g/mol. The predicted octanol–water partition coefficient (Wildman–Crippen LogP) is 4.46. The molecule has 15 heteroatoms. The number of nitrogens with two attached hydrogens (primary N) is 1. The van der Waals surface area contributed by atoms with E-state index >= 15 is 0 Å². The number of aromatic nitrogens is 6. The molecule has 0 spiro atoms. The lowest BCUT2D eigenvalue weighted by Crippen LogP contribution is -2.28. The summed E-state index contributed by atoms with van der Waals surface area (Å²) in [6.07, 6.45) is -2.07. The van der Waals surface area contributed by atoms with Crippen LogP contribution in [0.5, 0.6) is 0 Å². The van der Waals surface area contributed by atoms with Crippen molar-refractivity contribution in [2.75, 3.05) is 24.8 Å². The molecule has 0 fully saturated rings. The van der Waals surface area contributed by atoms with Gasteiger partial charge in [0.2, 0.25) is 5.43 Å². The topological polar surface area (TPSA) is 143 Å². The zero-order chi connectivity index (χ0) is 30.9. The second-order valence-corrected chi connectivity index (χ2v) is 9.48. The number of nitrogen functional groups attached to an aromatic ring is 1. The number of amides is 1. The number of nitrogens with zero attached hydrogens (tertiary/aromatic N) is 6. The van der Waals surface area contributed by atoms with Gasteiger partial charge in [-0.25, -0.2) is 19.0 Å². The number of rotatable bonds is 8. The van der Waals surface area contributed by atoms with E-state index < -0.39 is 35.1 Å². The van der Waals surface area contributed by atoms with Crippen LogP contribution >= 0.6 is 0 Å². The van der Waals surface area contributed by atoms with E-state index in [0.29, 0.717) is 11.1 Å². The van der Waals surface area contributed by atoms with Crippen molar-refractivity contribution in [3.05, 3.63) is 82.8 Å². The summed E-state index contributed by atoms with van der Waals surface area (Å²) < 4.78 is 61.2. The standard InChI is InChI=1S/C28H24F4N8O3/c1-15(28(30,31)32)40-26-21(25(33)34-14-35-26)22(38-40)17-5-9-19(10-6-17)36-27(42)23-24(41)20(13-39(37-23)11-12-43-2)16-3-7-18(29)8-4-16/h3-10,13-15H,11-12H2,1-2H3,(H,36,42)(H2,33,34,35). The number of hydrogen-bond acceptors (Lipinski definition) is 8. The Balaban J connectivity index is 1.47. The molecule has 2 aromatic carbocycles. The van der Waals surface area contributed by atoms with Crippen molar-refractivity contribution in [1.29, 1.82) is 0 Å². The number of ether oxygens (including phenoxy) is 1. The van der Waals surface area contributed by atoms with Crippen LogP contribution in [-0.2, 0) is 11.3 Å². The van der Waals surface area contributed by atoms with Crippen molar-refractivity contribution in [2.24, 2.45) is 0 Å². The van der Waals surface area contributed by atoms with Crippen LogP contribution in [0.1, 0.15) is 23.5 Å². The summed E-state index contributed by atoms with van der Waals surface area (Å²) in [5, 5.41) is 11.1. The minimum atomic E-state index is -4.59. The molecule has 0 aliphatic rings. The van der Waals surface area contributed by atoms with E-state index in [1.54, 1.807) is 0 Å². The monoisotopic (exact) mass is 596 g/mol. The summed E-state index contributed by atoms with van der Waals surface area (Å²) in [6.45, 7) is 1.44.